The van der Waals surface area contributed by atoms with Crippen molar-refractivity contribution < 1.29 is 9.84 Å². The van der Waals surface area contributed by atoms with Gasteiger partial charge in [0, 0.05) is 6.42 Å². The van der Waals surface area contributed by atoms with Gasteiger partial charge < -0.3 is 9.84 Å². The first-order valence-electron chi connectivity index (χ1n) is 4.27. The molecule has 0 fully saturated rings. The summed E-state index contributed by atoms with van der Waals surface area (Å²) in [6.45, 7) is 3.89. The zero-order valence-corrected chi connectivity index (χ0v) is 7.52. The van der Waals surface area contributed by atoms with Crippen molar-refractivity contribution in [1.29, 1.82) is 0 Å². The smallest absolute Gasteiger partial charge is 0.158 e. The maximum absolute atomic E-state index is 9.36. The molecule has 0 aliphatic rings. The van der Waals surface area contributed by atoms with Crippen molar-refractivity contribution >= 4 is 0 Å². The molecule has 2 heteroatoms. The second-order valence-corrected chi connectivity index (χ2v) is 2.77. The minimum Gasteiger partial charge on any atom is -0.368 e. The molecule has 0 aliphatic heterocycles. The average molecular weight is 178 g/mol. The molecule has 2 nitrogen and oxygen atoms in total. The van der Waals surface area contributed by atoms with Gasteiger partial charge in [0.2, 0.25) is 0 Å². The molecule has 1 aromatic carbocycles. The van der Waals surface area contributed by atoms with Crippen LogP contribution in [0.1, 0.15) is 5.56 Å². The van der Waals surface area contributed by atoms with E-state index in [-0.39, 0.29) is 0 Å². The molecule has 0 aromatic heterocycles. The first-order chi connectivity index (χ1) is 6.33. The third kappa shape index (κ3) is 3.87. The van der Waals surface area contributed by atoms with Gasteiger partial charge >= 0.3 is 0 Å². The van der Waals surface area contributed by atoms with Gasteiger partial charge in [-0.2, -0.15) is 0 Å². The van der Waals surface area contributed by atoms with Crippen molar-refractivity contribution in [3.63, 3.8) is 0 Å². The summed E-state index contributed by atoms with van der Waals surface area (Å²) in [6.07, 6.45) is 1.41. The minimum absolute atomic E-state index is 0.383. The summed E-state index contributed by atoms with van der Waals surface area (Å²) >= 11 is 0. The fourth-order valence-corrected chi connectivity index (χ4v) is 1.05. The van der Waals surface area contributed by atoms with Crippen molar-refractivity contribution in [2.75, 3.05) is 6.61 Å². The first kappa shape index (κ1) is 9.96. The monoisotopic (exact) mass is 178 g/mol. The Hall–Kier alpha value is -1.12. The summed E-state index contributed by atoms with van der Waals surface area (Å²) in [5.74, 6) is 0. The lowest BCUT2D eigenvalue weighted by atomic mass is 10.1. The molecule has 0 saturated heterocycles. The number of ether oxygens (including phenoxy) is 1. The lowest BCUT2D eigenvalue weighted by Gasteiger charge is -2.09. The highest BCUT2D eigenvalue weighted by Crippen LogP contribution is 2.03. The molecule has 1 aromatic rings. The Labute approximate surface area is 78.5 Å². The van der Waals surface area contributed by atoms with Crippen LogP contribution < -0.4 is 0 Å². The molecule has 1 N–H and O–H groups in total. The van der Waals surface area contributed by atoms with Crippen molar-refractivity contribution in [1.82, 2.24) is 0 Å². The molecule has 0 amide bonds. The summed E-state index contributed by atoms with van der Waals surface area (Å²) in [5.41, 5.74) is 1.07. The summed E-state index contributed by atoms with van der Waals surface area (Å²) in [4.78, 5) is 0. The van der Waals surface area contributed by atoms with E-state index in [1.54, 1.807) is 6.08 Å². The first-order valence-corrected chi connectivity index (χ1v) is 4.27. The molecule has 1 atom stereocenters. The number of aliphatic hydroxyl groups is 1. The van der Waals surface area contributed by atoms with Gasteiger partial charge in [-0.25, -0.2) is 0 Å². The van der Waals surface area contributed by atoms with Gasteiger partial charge in [-0.1, -0.05) is 36.4 Å². The van der Waals surface area contributed by atoms with E-state index in [0.717, 1.165) is 5.56 Å². The fourth-order valence-electron chi connectivity index (χ4n) is 1.05. The summed E-state index contributed by atoms with van der Waals surface area (Å²) in [7, 11) is 0. The van der Waals surface area contributed by atoms with Crippen LogP contribution in [-0.2, 0) is 11.2 Å². The van der Waals surface area contributed by atoms with Crippen LogP contribution in [0.25, 0.3) is 0 Å². The molecule has 0 spiro atoms. The predicted molar refractivity (Wildman–Crippen MR) is 52.3 cm³/mol. The summed E-state index contributed by atoms with van der Waals surface area (Å²) in [5, 5.41) is 9.36. The van der Waals surface area contributed by atoms with Crippen LogP contribution in [-0.4, -0.2) is 18.0 Å². The number of hydrogen-bond acceptors (Lipinski definition) is 2. The summed E-state index contributed by atoms with van der Waals surface area (Å²) < 4.78 is 5.03. The average Bonchev–Trinajstić information content (AvgIpc) is 2.16. The molecule has 0 saturated carbocycles. The largest absolute Gasteiger partial charge is 0.368 e. The van der Waals surface area contributed by atoms with E-state index in [1.165, 1.54) is 0 Å². The van der Waals surface area contributed by atoms with E-state index in [2.05, 4.69) is 6.58 Å². The number of hydrogen-bond donors (Lipinski definition) is 1. The third-order valence-electron chi connectivity index (χ3n) is 1.66. The minimum atomic E-state index is -0.736. The van der Waals surface area contributed by atoms with Crippen LogP contribution in [0.4, 0.5) is 0 Å². The quantitative estimate of drug-likeness (QED) is 0.550. The van der Waals surface area contributed by atoms with E-state index in [9.17, 15) is 5.11 Å². The Kier molecular flexibility index (Phi) is 4.23. The summed E-state index contributed by atoms with van der Waals surface area (Å²) in [6, 6.07) is 9.74. The van der Waals surface area contributed by atoms with Crippen molar-refractivity contribution in [3.05, 3.63) is 48.6 Å². The van der Waals surface area contributed by atoms with E-state index >= 15 is 0 Å². The van der Waals surface area contributed by atoms with Crippen LogP contribution in [0, 0.1) is 0 Å². The molecule has 70 valence electrons. The van der Waals surface area contributed by atoms with Crippen molar-refractivity contribution in [3.8, 4) is 0 Å². The zero-order valence-electron chi connectivity index (χ0n) is 7.52. The van der Waals surface area contributed by atoms with Crippen LogP contribution in [0.15, 0.2) is 43.0 Å². The van der Waals surface area contributed by atoms with Gasteiger partial charge in [0.1, 0.15) is 0 Å². The SMILES string of the molecule is C=CCO[C@H](O)Cc1ccccc1. The highest BCUT2D eigenvalue weighted by molar-refractivity contribution is 5.14. The Balaban J connectivity index is 2.36. The number of aliphatic hydroxyl groups excluding tert-OH is 1. The second-order valence-electron chi connectivity index (χ2n) is 2.77. The molecule has 0 radical (unpaired) electrons. The van der Waals surface area contributed by atoms with E-state index < -0.39 is 6.29 Å². The molecule has 1 rings (SSSR count). The van der Waals surface area contributed by atoms with Gasteiger partial charge in [0.25, 0.3) is 0 Å². The Morgan fingerprint density at radius 1 is 1.38 bits per heavy atom. The highest BCUT2D eigenvalue weighted by Gasteiger charge is 2.03. The van der Waals surface area contributed by atoms with Crippen LogP contribution >= 0.6 is 0 Å². The lowest BCUT2D eigenvalue weighted by Crippen LogP contribution is -2.14. The Bertz CT molecular complexity index is 244. The predicted octanol–water partition coefficient (Wildman–Crippen LogP) is 1.75. The van der Waals surface area contributed by atoms with Gasteiger partial charge in [0.15, 0.2) is 6.29 Å². The van der Waals surface area contributed by atoms with Crippen molar-refractivity contribution in [2.45, 2.75) is 12.7 Å². The molecular weight excluding hydrogens is 164 g/mol. The number of rotatable bonds is 5. The number of benzene rings is 1. The zero-order chi connectivity index (χ0) is 9.52. The van der Waals surface area contributed by atoms with Crippen LogP contribution in [0.2, 0.25) is 0 Å². The molecular formula is C11H14O2. The molecule has 0 unspecified atom stereocenters. The van der Waals surface area contributed by atoms with E-state index in [4.69, 9.17) is 4.74 Å². The fraction of sp³-hybridized carbons (Fsp3) is 0.273. The topological polar surface area (TPSA) is 29.5 Å². The lowest BCUT2D eigenvalue weighted by molar-refractivity contribution is -0.0869. The van der Waals surface area contributed by atoms with Gasteiger partial charge in [0.05, 0.1) is 6.61 Å². The van der Waals surface area contributed by atoms with Crippen molar-refractivity contribution in [2.24, 2.45) is 0 Å². The second kappa shape index (κ2) is 5.51. The van der Waals surface area contributed by atoms with E-state index in [1.807, 2.05) is 30.3 Å². The van der Waals surface area contributed by atoms with E-state index in [0.29, 0.717) is 13.0 Å². The maximum Gasteiger partial charge on any atom is 0.158 e. The third-order valence-corrected chi connectivity index (χ3v) is 1.66. The van der Waals surface area contributed by atoms with Gasteiger partial charge in [-0.05, 0) is 5.56 Å². The molecule has 0 bridgehead atoms. The normalized spacial score (nSPS) is 12.4. The standard InChI is InChI=1S/C11H14O2/c1-2-8-13-11(12)9-10-6-4-3-5-7-10/h2-7,11-12H,1,8-9H2/t11-/m0/s1. The van der Waals surface area contributed by atoms with Gasteiger partial charge in [-0.15, -0.1) is 6.58 Å². The van der Waals surface area contributed by atoms with Crippen LogP contribution in [0.3, 0.4) is 0 Å². The Morgan fingerprint density at radius 3 is 2.69 bits per heavy atom. The maximum atomic E-state index is 9.36. The molecule has 0 heterocycles. The highest BCUT2D eigenvalue weighted by atomic mass is 16.6. The molecule has 13 heavy (non-hydrogen) atoms. The van der Waals surface area contributed by atoms with Crippen LogP contribution in [0.5, 0.6) is 0 Å². The molecule has 0 aliphatic carbocycles. The van der Waals surface area contributed by atoms with Gasteiger partial charge in [-0.3, -0.25) is 0 Å². The Morgan fingerprint density at radius 2 is 2.08 bits per heavy atom.